The van der Waals surface area contributed by atoms with Gasteiger partial charge in [-0.05, 0) is 30.9 Å². The molecule has 1 fully saturated rings. The smallest absolute Gasteiger partial charge is 0.131 e. The van der Waals surface area contributed by atoms with Crippen molar-refractivity contribution in [2.45, 2.75) is 44.2 Å². The van der Waals surface area contributed by atoms with Gasteiger partial charge in [-0.25, -0.2) is 8.78 Å². The number of ether oxygens (including phenoxy) is 1. The highest BCUT2D eigenvalue weighted by molar-refractivity contribution is 5.24. The van der Waals surface area contributed by atoms with Crippen LogP contribution in [0.2, 0.25) is 0 Å². The van der Waals surface area contributed by atoms with Gasteiger partial charge in [0.1, 0.15) is 11.6 Å². The second kappa shape index (κ2) is 7.11. The van der Waals surface area contributed by atoms with Crippen LogP contribution in [0, 0.1) is 17.6 Å². The lowest BCUT2D eigenvalue weighted by atomic mass is 9.81. The van der Waals surface area contributed by atoms with E-state index in [1.165, 1.54) is 24.6 Å². The molecule has 0 spiro atoms. The highest BCUT2D eigenvalue weighted by Gasteiger charge is 2.34. The minimum Gasteiger partial charge on any atom is -0.379 e. The molecule has 2 atom stereocenters. The molecule has 2 unspecified atom stereocenters. The van der Waals surface area contributed by atoms with Gasteiger partial charge in [0.25, 0.3) is 0 Å². The summed E-state index contributed by atoms with van der Waals surface area (Å²) in [7, 11) is 1.57. The van der Waals surface area contributed by atoms with Crippen LogP contribution in [0.5, 0.6) is 0 Å². The summed E-state index contributed by atoms with van der Waals surface area (Å²) < 4.78 is 33.5. The normalized spacial score (nSPS) is 19.8. The van der Waals surface area contributed by atoms with Crippen LogP contribution in [0.3, 0.4) is 0 Å². The van der Waals surface area contributed by atoms with Gasteiger partial charge in [-0.2, -0.15) is 0 Å². The molecule has 1 aromatic rings. The van der Waals surface area contributed by atoms with Gasteiger partial charge in [0.15, 0.2) is 0 Å². The molecule has 0 heterocycles. The summed E-state index contributed by atoms with van der Waals surface area (Å²) in [5, 5.41) is 0. The zero-order valence-corrected chi connectivity index (χ0v) is 11.7. The third-order valence-electron chi connectivity index (χ3n) is 4.21. The zero-order valence-electron chi connectivity index (χ0n) is 11.7. The molecule has 1 aliphatic rings. The Hall–Kier alpha value is -1.04. The molecular formula is C15H22F2N2O. The predicted octanol–water partition coefficient (Wildman–Crippen LogP) is 3.06. The minimum absolute atomic E-state index is 0.0348. The first kappa shape index (κ1) is 15.4. The average Bonchev–Trinajstić information content (AvgIpc) is 2.47. The summed E-state index contributed by atoms with van der Waals surface area (Å²) in [6.45, 7) is 0. The average molecular weight is 284 g/mol. The molecule has 0 bridgehead atoms. The van der Waals surface area contributed by atoms with Crippen molar-refractivity contribution >= 4 is 0 Å². The van der Waals surface area contributed by atoms with Gasteiger partial charge in [0.2, 0.25) is 0 Å². The summed E-state index contributed by atoms with van der Waals surface area (Å²) in [6, 6.07) is 3.17. The lowest BCUT2D eigenvalue weighted by molar-refractivity contribution is 0.00573. The highest BCUT2D eigenvalue weighted by Crippen LogP contribution is 2.35. The fourth-order valence-corrected chi connectivity index (χ4v) is 3.21. The van der Waals surface area contributed by atoms with Gasteiger partial charge < -0.3 is 4.74 Å². The Labute approximate surface area is 118 Å². The second-order valence-electron chi connectivity index (χ2n) is 5.38. The van der Waals surface area contributed by atoms with E-state index in [2.05, 4.69) is 5.43 Å². The Kier molecular flexibility index (Phi) is 5.46. The molecule has 1 saturated carbocycles. The van der Waals surface area contributed by atoms with Crippen molar-refractivity contribution in [3.63, 3.8) is 0 Å². The molecule has 1 aliphatic carbocycles. The Morgan fingerprint density at radius 2 is 1.80 bits per heavy atom. The number of halogens is 2. The van der Waals surface area contributed by atoms with Crippen LogP contribution in [-0.4, -0.2) is 13.2 Å². The van der Waals surface area contributed by atoms with E-state index >= 15 is 0 Å². The maximum Gasteiger partial charge on any atom is 0.131 e. The molecule has 3 N–H and O–H groups in total. The van der Waals surface area contributed by atoms with Gasteiger partial charge in [-0.1, -0.05) is 25.3 Å². The summed E-state index contributed by atoms with van der Waals surface area (Å²) in [6.07, 6.45) is 5.15. The Bertz CT molecular complexity index is 416. The fourth-order valence-electron chi connectivity index (χ4n) is 3.21. The van der Waals surface area contributed by atoms with E-state index in [9.17, 15) is 8.78 Å². The Morgan fingerprint density at radius 1 is 1.20 bits per heavy atom. The van der Waals surface area contributed by atoms with E-state index in [-0.39, 0.29) is 17.6 Å². The third kappa shape index (κ3) is 3.16. The molecular weight excluding hydrogens is 262 g/mol. The standard InChI is InChI=1S/C15H22F2N2O/c1-20-15(10-6-3-2-4-7-10)14(19-18)13-11(16)8-5-9-12(13)17/h5,8-10,14-15,19H,2-4,6-7,18H2,1H3. The van der Waals surface area contributed by atoms with Gasteiger partial charge in [-0.3, -0.25) is 11.3 Å². The number of rotatable bonds is 5. The maximum absolute atomic E-state index is 14.0. The molecule has 0 aliphatic heterocycles. The van der Waals surface area contributed by atoms with Gasteiger partial charge in [0.05, 0.1) is 12.1 Å². The summed E-state index contributed by atoms with van der Waals surface area (Å²) in [5.41, 5.74) is 2.51. The molecule has 112 valence electrons. The minimum atomic E-state index is -0.677. The number of hydrazine groups is 1. The van der Waals surface area contributed by atoms with Gasteiger partial charge in [0, 0.05) is 12.7 Å². The molecule has 0 radical (unpaired) electrons. The van der Waals surface area contributed by atoms with Crippen molar-refractivity contribution in [2.75, 3.05) is 7.11 Å². The third-order valence-corrected chi connectivity index (χ3v) is 4.21. The van der Waals surface area contributed by atoms with Crippen LogP contribution >= 0.6 is 0 Å². The van der Waals surface area contributed by atoms with Crippen molar-refractivity contribution < 1.29 is 13.5 Å². The predicted molar refractivity (Wildman–Crippen MR) is 73.8 cm³/mol. The quantitative estimate of drug-likeness (QED) is 0.645. The van der Waals surface area contributed by atoms with Crippen molar-refractivity contribution in [1.29, 1.82) is 0 Å². The van der Waals surface area contributed by atoms with Gasteiger partial charge >= 0.3 is 0 Å². The molecule has 5 heteroatoms. The van der Waals surface area contributed by atoms with Crippen LogP contribution in [-0.2, 0) is 4.74 Å². The van der Waals surface area contributed by atoms with E-state index in [1.807, 2.05) is 0 Å². The number of hydrogen-bond acceptors (Lipinski definition) is 3. The van der Waals surface area contributed by atoms with Crippen LogP contribution < -0.4 is 11.3 Å². The first-order valence-corrected chi connectivity index (χ1v) is 7.12. The summed E-state index contributed by atoms with van der Waals surface area (Å²) >= 11 is 0. The second-order valence-corrected chi connectivity index (χ2v) is 5.38. The first-order valence-electron chi connectivity index (χ1n) is 7.12. The van der Waals surface area contributed by atoms with E-state index in [1.54, 1.807) is 7.11 Å². The van der Waals surface area contributed by atoms with Crippen molar-refractivity contribution in [3.05, 3.63) is 35.4 Å². The van der Waals surface area contributed by atoms with E-state index in [0.717, 1.165) is 25.7 Å². The Morgan fingerprint density at radius 3 is 2.30 bits per heavy atom. The van der Waals surface area contributed by atoms with Crippen LogP contribution in [0.4, 0.5) is 8.78 Å². The molecule has 20 heavy (non-hydrogen) atoms. The largest absolute Gasteiger partial charge is 0.379 e. The number of benzene rings is 1. The van der Waals surface area contributed by atoms with Crippen LogP contribution in [0.25, 0.3) is 0 Å². The van der Waals surface area contributed by atoms with Crippen LogP contribution in [0.1, 0.15) is 43.7 Å². The first-order chi connectivity index (χ1) is 9.69. The summed E-state index contributed by atoms with van der Waals surface area (Å²) in [5.74, 6) is 4.65. The topological polar surface area (TPSA) is 47.3 Å². The van der Waals surface area contributed by atoms with Gasteiger partial charge in [-0.15, -0.1) is 0 Å². The molecule has 1 aromatic carbocycles. The highest BCUT2D eigenvalue weighted by atomic mass is 19.1. The van der Waals surface area contributed by atoms with E-state index < -0.39 is 17.7 Å². The summed E-state index contributed by atoms with van der Waals surface area (Å²) in [4.78, 5) is 0. The van der Waals surface area contributed by atoms with Crippen molar-refractivity contribution in [1.82, 2.24) is 5.43 Å². The fraction of sp³-hybridized carbons (Fsp3) is 0.600. The maximum atomic E-state index is 14.0. The number of nitrogens with two attached hydrogens (primary N) is 1. The van der Waals surface area contributed by atoms with E-state index in [4.69, 9.17) is 10.6 Å². The van der Waals surface area contributed by atoms with Crippen molar-refractivity contribution in [3.8, 4) is 0 Å². The van der Waals surface area contributed by atoms with E-state index in [0.29, 0.717) is 0 Å². The molecule has 0 aromatic heterocycles. The molecule has 0 amide bonds. The Balaban J connectivity index is 2.29. The monoisotopic (exact) mass is 284 g/mol. The lowest BCUT2D eigenvalue weighted by Crippen LogP contribution is -2.43. The number of nitrogens with one attached hydrogen (secondary N) is 1. The lowest BCUT2D eigenvalue weighted by Gasteiger charge is -2.35. The molecule has 3 nitrogen and oxygen atoms in total. The SMILES string of the molecule is COC(C1CCCCC1)C(NN)c1c(F)cccc1F. The number of hydrogen-bond donors (Lipinski definition) is 2. The molecule has 0 saturated heterocycles. The molecule has 2 rings (SSSR count). The number of methoxy groups -OCH3 is 1. The zero-order chi connectivity index (χ0) is 14.5. The van der Waals surface area contributed by atoms with Crippen LogP contribution in [0.15, 0.2) is 18.2 Å². The van der Waals surface area contributed by atoms with Crippen molar-refractivity contribution in [2.24, 2.45) is 11.8 Å².